The fourth-order valence-electron chi connectivity index (χ4n) is 2.21. The molecular formula is C12H20N2O3S. The van der Waals surface area contributed by atoms with Crippen LogP contribution in [0.15, 0.2) is 22.8 Å². The van der Waals surface area contributed by atoms with Crippen molar-refractivity contribution in [3.63, 3.8) is 0 Å². The minimum absolute atomic E-state index is 0.219. The molecule has 1 unspecified atom stereocenters. The van der Waals surface area contributed by atoms with E-state index < -0.39 is 10.0 Å². The average Bonchev–Trinajstić information content (AvgIpc) is 2.82. The highest BCUT2D eigenvalue weighted by molar-refractivity contribution is 7.89. The Bertz CT molecular complexity index is 450. The Kier molecular flexibility index (Phi) is 4.42. The van der Waals surface area contributed by atoms with E-state index in [0.717, 1.165) is 25.9 Å². The van der Waals surface area contributed by atoms with Gasteiger partial charge in [-0.25, -0.2) is 8.42 Å². The fourth-order valence-corrected chi connectivity index (χ4v) is 3.67. The lowest BCUT2D eigenvalue weighted by Gasteiger charge is -2.25. The van der Waals surface area contributed by atoms with E-state index in [1.165, 1.54) is 4.31 Å². The fraction of sp³-hybridized carbons (Fsp3) is 0.667. The van der Waals surface area contributed by atoms with Crippen molar-refractivity contribution in [1.29, 1.82) is 0 Å². The van der Waals surface area contributed by atoms with E-state index in [1.54, 1.807) is 25.4 Å². The summed E-state index contributed by atoms with van der Waals surface area (Å²) >= 11 is 0. The van der Waals surface area contributed by atoms with Crippen molar-refractivity contribution in [3.05, 3.63) is 24.2 Å². The van der Waals surface area contributed by atoms with Gasteiger partial charge in [-0.05, 0) is 44.0 Å². The van der Waals surface area contributed by atoms with Gasteiger partial charge in [-0.1, -0.05) is 0 Å². The zero-order valence-electron chi connectivity index (χ0n) is 10.6. The molecule has 2 rings (SSSR count). The molecule has 0 aromatic carbocycles. The summed E-state index contributed by atoms with van der Waals surface area (Å²) in [7, 11) is -1.60. The van der Waals surface area contributed by atoms with Crippen molar-refractivity contribution >= 4 is 10.0 Å². The van der Waals surface area contributed by atoms with Gasteiger partial charge in [0.2, 0.25) is 10.0 Å². The molecule has 102 valence electrons. The van der Waals surface area contributed by atoms with Gasteiger partial charge in [-0.15, -0.1) is 0 Å². The van der Waals surface area contributed by atoms with E-state index in [9.17, 15) is 8.42 Å². The van der Waals surface area contributed by atoms with Crippen molar-refractivity contribution in [2.75, 3.05) is 25.9 Å². The third-order valence-electron chi connectivity index (χ3n) is 3.28. The summed E-state index contributed by atoms with van der Waals surface area (Å²) in [4.78, 5) is 0. The van der Waals surface area contributed by atoms with Gasteiger partial charge in [-0.3, -0.25) is 0 Å². The summed E-state index contributed by atoms with van der Waals surface area (Å²) in [5.41, 5.74) is 0. The van der Waals surface area contributed by atoms with Gasteiger partial charge in [0.1, 0.15) is 5.76 Å². The van der Waals surface area contributed by atoms with E-state index in [4.69, 9.17) is 4.42 Å². The molecule has 0 amide bonds. The second-order valence-corrected chi connectivity index (χ2v) is 6.95. The van der Waals surface area contributed by atoms with Gasteiger partial charge in [0.05, 0.1) is 18.6 Å². The molecule has 6 heteroatoms. The summed E-state index contributed by atoms with van der Waals surface area (Å²) in [6, 6.07) is 3.55. The minimum Gasteiger partial charge on any atom is -0.468 e. The van der Waals surface area contributed by atoms with E-state index >= 15 is 0 Å². The van der Waals surface area contributed by atoms with Gasteiger partial charge >= 0.3 is 0 Å². The third kappa shape index (κ3) is 3.57. The van der Waals surface area contributed by atoms with Crippen molar-refractivity contribution in [3.8, 4) is 0 Å². The standard InChI is InChI=1S/C12H20N2O3S/c1-14(9-12-5-3-7-17-12)18(15,16)10-11-4-2-6-13-8-11/h3,5,7,11,13H,2,4,6,8-10H2,1H3. The van der Waals surface area contributed by atoms with Crippen molar-refractivity contribution in [2.24, 2.45) is 5.92 Å². The van der Waals surface area contributed by atoms with E-state index in [-0.39, 0.29) is 11.7 Å². The van der Waals surface area contributed by atoms with Crippen molar-refractivity contribution in [1.82, 2.24) is 9.62 Å². The number of rotatable bonds is 5. The highest BCUT2D eigenvalue weighted by atomic mass is 32.2. The van der Waals surface area contributed by atoms with E-state index in [1.807, 2.05) is 0 Å². The molecule has 1 N–H and O–H groups in total. The first-order chi connectivity index (χ1) is 8.58. The predicted octanol–water partition coefficient (Wildman–Crippen LogP) is 1.04. The van der Waals surface area contributed by atoms with Crippen LogP contribution in [-0.4, -0.2) is 38.6 Å². The van der Waals surface area contributed by atoms with E-state index in [0.29, 0.717) is 12.3 Å². The Hall–Kier alpha value is -0.850. The first-order valence-corrected chi connectivity index (χ1v) is 7.86. The second kappa shape index (κ2) is 5.86. The predicted molar refractivity (Wildman–Crippen MR) is 69.6 cm³/mol. The molecule has 1 aliphatic heterocycles. The lowest BCUT2D eigenvalue weighted by atomic mass is 10.0. The number of furan rings is 1. The van der Waals surface area contributed by atoms with E-state index in [2.05, 4.69) is 5.32 Å². The number of nitrogens with zero attached hydrogens (tertiary/aromatic N) is 1. The number of sulfonamides is 1. The molecule has 0 saturated carbocycles. The quantitative estimate of drug-likeness (QED) is 0.870. The molecule has 1 aromatic heterocycles. The number of hydrogen-bond donors (Lipinski definition) is 1. The first kappa shape index (κ1) is 13.6. The summed E-state index contributed by atoms with van der Waals surface area (Å²) in [6.07, 6.45) is 3.60. The number of piperidine rings is 1. The molecule has 0 aliphatic carbocycles. The molecule has 1 aromatic rings. The molecular weight excluding hydrogens is 252 g/mol. The summed E-state index contributed by atoms with van der Waals surface area (Å²) in [5, 5.41) is 3.24. The lowest BCUT2D eigenvalue weighted by Crippen LogP contribution is -2.38. The van der Waals surface area contributed by atoms with Crippen LogP contribution in [0.5, 0.6) is 0 Å². The Morgan fingerprint density at radius 3 is 3.00 bits per heavy atom. The van der Waals surface area contributed by atoms with Gasteiger partial charge in [0.25, 0.3) is 0 Å². The highest BCUT2D eigenvalue weighted by Gasteiger charge is 2.25. The molecule has 0 bridgehead atoms. The maximum Gasteiger partial charge on any atom is 0.214 e. The summed E-state index contributed by atoms with van der Waals surface area (Å²) in [6.45, 7) is 2.10. The van der Waals surface area contributed by atoms with Crippen LogP contribution in [0, 0.1) is 5.92 Å². The van der Waals surface area contributed by atoms with Crippen LogP contribution in [-0.2, 0) is 16.6 Å². The molecule has 18 heavy (non-hydrogen) atoms. The molecule has 1 saturated heterocycles. The van der Waals surface area contributed by atoms with Crippen LogP contribution in [0.4, 0.5) is 0 Å². The third-order valence-corrected chi connectivity index (χ3v) is 5.25. The van der Waals surface area contributed by atoms with Crippen molar-refractivity contribution in [2.45, 2.75) is 19.4 Å². The van der Waals surface area contributed by atoms with Crippen LogP contribution in [0.1, 0.15) is 18.6 Å². The number of hydrogen-bond acceptors (Lipinski definition) is 4. The normalized spacial score (nSPS) is 21.3. The monoisotopic (exact) mass is 272 g/mol. The highest BCUT2D eigenvalue weighted by Crippen LogP contribution is 2.16. The maximum atomic E-state index is 12.2. The second-order valence-electron chi connectivity index (χ2n) is 4.83. The smallest absolute Gasteiger partial charge is 0.214 e. The summed E-state index contributed by atoms with van der Waals surface area (Å²) in [5.74, 6) is 1.11. The Balaban J connectivity index is 1.92. The van der Waals surface area contributed by atoms with Gasteiger partial charge in [0.15, 0.2) is 0 Å². The van der Waals surface area contributed by atoms with Crippen LogP contribution < -0.4 is 5.32 Å². The average molecular weight is 272 g/mol. The molecule has 5 nitrogen and oxygen atoms in total. The van der Waals surface area contributed by atoms with Crippen LogP contribution in [0.25, 0.3) is 0 Å². The van der Waals surface area contributed by atoms with Gasteiger partial charge < -0.3 is 9.73 Å². The zero-order chi connectivity index (χ0) is 13.0. The molecule has 0 spiro atoms. The van der Waals surface area contributed by atoms with Crippen LogP contribution >= 0.6 is 0 Å². The van der Waals surface area contributed by atoms with Gasteiger partial charge in [-0.2, -0.15) is 4.31 Å². The SMILES string of the molecule is CN(Cc1ccco1)S(=O)(=O)CC1CCCNC1. The summed E-state index contributed by atoms with van der Waals surface area (Å²) < 4.78 is 30.9. The Morgan fingerprint density at radius 2 is 2.39 bits per heavy atom. The van der Waals surface area contributed by atoms with Crippen LogP contribution in [0.3, 0.4) is 0 Å². The molecule has 0 radical (unpaired) electrons. The number of nitrogens with one attached hydrogen (secondary N) is 1. The first-order valence-electron chi connectivity index (χ1n) is 6.25. The molecule has 1 atom stereocenters. The van der Waals surface area contributed by atoms with Crippen LogP contribution in [0.2, 0.25) is 0 Å². The molecule has 1 aliphatic rings. The van der Waals surface area contributed by atoms with Crippen molar-refractivity contribution < 1.29 is 12.8 Å². The molecule has 2 heterocycles. The zero-order valence-corrected chi connectivity index (χ0v) is 11.4. The Morgan fingerprint density at radius 1 is 1.56 bits per heavy atom. The minimum atomic E-state index is -3.20. The Labute approximate surface area is 108 Å². The topological polar surface area (TPSA) is 62.6 Å². The molecule has 1 fully saturated rings. The lowest BCUT2D eigenvalue weighted by molar-refractivity contribution is 0.378. The largest absolute Gasteiger partial charge is 0.468 e. The van der Waals surface area contributed by atoms with Gasteiger partial charge in [0, 0.05) is 7.05 Å². The maximum absolute atomic E-state index is 12.2.